The van der Waals surface area contributed by atoms with Crippen LogP contribution in [0.1, 0.15) is 54.1 Å². The Morgan fingerprint density at radius 3 is 2.11 bits per heavy atom. The van der Waals surface area contributed by atoms with Gasteiger partial charge in [0, 0.05) is 11.5 Å². The predicted molar refractivity (Wildman–Crippen MR) is 122 cm³/mol. The molecular weight excluding hydrogens is 458 g/mol. The van der Waals surface area contributed by atoms with Crippen molar-refractivity contribution in [2.24, 2.45) is 0 Å². The van der Waals surface area contributed by atoms with E-state index in [1.54, 1.807) is 21.1 Å². The van der Waals surface area contributed by atoms with Gasteiger partial charge in [0.2, 0.25) is 0 Å². The van der Waals surface area contributed by atoms with Crippen LogP contribution < -0.4 is 28.3 Å². The molecule has 3 rings (SSSR count). The number of hydrogen-bond donors (Lipinski definition) is 0. The van der Waals surface area contributed by atoms with Gasteiger partial charge in [0.25, 0.3) is 0 Å². The predicted octanol–water partition coefficient (Wildman–Crippen LogP) is 3.29. The van der Waals surface area contributed by atoms with Gasteiger partial charge >= 0.3 is 18.9 Å². The number of fused-ring (bicyclic) bond motifs is 1. The van der Waals surface area contributed by atoms with Gasteiger partial charge in [0.1, 0.15) is 11.5 Å². The van der Waals surface area contributed by atoms with Crippen LogP contribution in [-0.4, -0.2) is 24.4 Å². The van der Waals surface area contributed by atoms with Crippen molar-refractivity contribution < 1.29 is 33.1 Å². The van der Waals surface area contributed by atoms with E-state index < -0.39 is 0 Å². The van der Waals surface area contributed by atoms with E-state index >= 15 is 0 Å². The Kier molecular flexibility index (Phi) is 14.4. The summed E-state index contributed by atoms with van der Waals surface area (Å²) >= 11 is 2.29. The molecule has 0 saturated carbocycles. The number of ether oxygens (including phenoxy) is 2. The van der Waals surface area contributed by atoms with Gasteiger partial charge in [0.05, 0.1) is 14.2 Å². The molecule has 0 heterocycles. The molecule has 0 amide bonds. The Balaban J connectivity index is 0.00000111. The summed E-state index contributed by atoms with van der Waals surface area (Å²) in [5, 5.41) is 0. The number of carbonyl (C=O) groups is 1. The summed E-state index contributed by atoms with van der Waals surface area (Å²) < 4.78 is 11.7. The van der Waals surface area contributed by atoms with Crippen LogP contribution in [0.5, 0.6) is 11.5 Å². The first-order chi connectivity index (χ1) is 13.1. The molecule has 2 aromatic carbocycles. The van der Waals surface area contributed by atoms with Gasteiger partial charge in [-0.2, -0.15) is 6.92 Å². The molecule has 5 heteroatoms. The van der Waals surface area contributed by atoms with E-state index in [9.17, 15) is 4.79 Å². The number of benzene rings is 2. The van der Waals surface area contributed by atoms with Gasteiger partial charge < -0.3 is 16.4 Å². The van der Waals surface area contributed by atoms with Gasteiger partial charge in [-0.15, -0.1) is 0 Å². The SMILES string of the molecule is CCI.COc1ccc(C2CCCc3cc(OC)ccc3C2=O)cc1.[CH2-]C.[Li+]. The second-order valence-corrected chi connectivity index (χ2v) is 7.40. The maximum Gasteiger partial charge on any atom is 1.00 e. The van der Waals surface area contributed by atoms with Gasteiger partial charge in [-0.1, -0.05) is 41.6 Å². The molecule has 0 N–H and O–H groups in total. The summed E-state index contributed by atoms with van der Waals surface area (Å²) in [5.41, 5.74) is 2.99. The molecule has 0 fully saturated rings. The maximum absolute atomic E-state index is 12.9. The molecule has 1 unspecified atom stereocenters. The normalized spacial score (nSPS) is 14.6. The zero-order valence-corrected chi connectivity index (χ0v) is 19.9. The number of aryl methyl sites for hydroxylation is 1. The molecule has 0 saturated heterocycles. The fraction of sp³-hybridized carbons (Fsp3) is 0.391. The molecule has 0 radical (unpaired) electrons. The molecular formula is C23H30ILiO3. The first kappa shape index (κ1) is 27.0. The number of methoxy groups -OCH3 is 2. The third kappa shape index (κ3) is 7.46. The van der Waals surface area contributed by atoms with Crippen LogP contribution in [0.4, 0.5) is 0 Å². The van der Waals surface area contributed by atoms with E-state index in [4.69, 9.17) is 9.47 Å². The van der Waals surface area contributed by atoms with E-state index in [0.717, 1.165) is 47.5 Å². The molecule has 0 aromatic heterocycles. The van der Waals surface area contributed by atoms with Crippen molar-refractivity contribution in [3.63, 3.8) is 0 Å². The van der Waals surface area contributed by atoms with Crippen LogP contribution in [0.2, 0.25) is 0 Å². The molecule has 148 valence electrons. The van der Waals surface area contributed by atoms with Crippen LogP contribution in [0, 0.1) is 6.92 Å². The Bertz CT molecular complexity index is 701. The number of carbonyl (C=O) groups excluding carboxylic acids is 1. The number of rotatable bonds is 3. The van der Waals surface area contributed by atoms with Crippen LogP contribution in [0.25, 0.3) is 0 Å². The van der Waals surface area contributed by atoms with Gasteiger partial charge in [-0.25, -0.2) is 0 Å². The monoisotopic (exact) mass is 488 g/mol. The topological polar surface area (TPSA) is 35.5 Å². The van der Waals surface area contributed by atoms with Crippen LogP contribution >= 0.6 is 22.6 Å². The number of alkyl halides is 1. The Hall–Kier alpha value is -0.963. The van der Waals surface area contributed by atoms with Crippen molar-refractivity contribution in [2.75, 3.05) is 18.6 Å². The fourth-order valence-corrected chi connectivity index (χ4v) is 3.11. The number of Topliss-reactive ketones (excluding diaryl/α,β-unsaturated/α-hetero) is 1. The van der Waals surface area contributed by atoms with E-state index in [0.29, 0.717) is 0 Å². The minimum Gasteiger partial charge on any atom is -0.497 e. The standard InChI is InChI=1S/C19H20O3.C2H5I.C2H5.Li/c1-21-15-8-6-13(7-9-15)17-5-3-4-14-12-16(22-2)10-11-18(14)19(17)20;1-2-3;1-2;/h6-12,17H,3-5H2,1-2H3;2H2,1H3;1H2,2H3;/q;;-1;+1. The molecule has 1 aliphatic rings. The average Bonchev–Trinajstić information content (AvgIpc) is 2.88. The van der Waals surface area contributed by atoms with Gasteiger partial charge in [-0.05, 0) is 65.1 Å². The molecule has 0 aliphatic heterocycles. The first-order valence-corrected chi connectivity index (χ1v) is 10.8. The van der Waals surface area contributed by atoms with Gasteiger partial charge in [-0.3, -0.25) is 4.79 Å². The zero-order valence-electron chi connectivity index (χ0n) is 17.8. The Morgan fingerprint density at radius 2 is 1.57 bits per heavy atom. The molecule has 1 aliphatic carbocycles. The Morgan fingerprint density at radius 1 is 1.04 bits per heavy atom. The van der Waals surface area contributed by atoms with Gasteiger partial charge in [0.15, 0.2) is 5.78 Å². The van der Waals surface area contributed by atoms with E-state index in [1.165, 1.54) is 4.43 Å². The largest absolute Gasteiger partial charge is 1.00 e. The second kappa shape index (κ2) is 15.0. The molecule has 28 heavy (non-hydrogen) atoms. The van der Waals surface area contributed by atoms with Crippen molar-refractivity contribution in [3.05, 3.63) is 66.1 Å². The quantitative estimate of drug-likeness (QED) is 0.219. The van der Waals surface area contributed by atoms with E-state index in [2.05, 4.69) is 36.4 Å². The van der Waals surface area contributed by atoms with Crippen molar-refractivity contribution in [2.45, 2.75) is 39.0 Å². The second-order valence-electron chi connectivity index (χ2n) is 5.87. The third-order valence-corrected chi connectivity index (χ3v) is 4.35. The smallest absolute Gasteiger partial charge is 0.497 e. The first-order valence-electron chi connectivity index (χ1n) is 9.26. The summed E-state index contributed by atoms with van der Waals surface area (Å²) in [5.74, 6) is 1.77. The maximum atomic E-state index is 12.9. The molecule has 2 aromatic rings. The summed E-state index contributed by atoms with van der Waals surface area (Å²) in [6, 6.07) is 13.6. The number of ketones is 1. The van der Waals surface area contributed by atoms with Crippen molar-refractivity contribution in [3.8, 4) is 11.5 Å². The molecule has 0 bridgehead atoms. The van der Waals surface area contributed by atoms with E-state index in [-0.39, 0.29) is 30.6 Å². The minimum absolute atomic E-state index is 0. The van der Waals surface area contributed by atoms with Crippen LogP contribution in [0.15, 0.2) is 42.5 Å². The van der Waals surface area contributed by atoms with Crippen molar-refractivity contribution >= 4 is 28.4 Å². The fourth-order valence-electron chi connectivity index (χ4n) is 3.11. The van der Waals surface area contributed by atoms with Crippen molar-refractivity contribution in [1.82, 2.24) is 0 Å². The number of halogens is 1. The Labute approximate surface area is 195 Å². The molecule has 1 atom stereocenters. The van der Waals surface area contributed by atoms with Crippen LogP contribution in [0.3, 0.4) is 0 Å². The van der Waals surface area contributed by atoms with Crippen LogP contribution in [-0.2, 0) is 6.42 Å². The zero-order chi connectivity index (χ0) is 20.2. The average molecular weight is 488 g/mol. The molecule has 0 spiro atoms. The minimum atomic E-state index is -0.0689. The summed E-state index contributed by atoms with van der Waals surface area (Å²) in [4.78, 5) is 12.9. The summed E-state index contributed by atoms with van der Waals surface area (Å²) in [6.45, 7) is 7.11. The summed E-state index contributed by atoms with van der Waals surface area (Å²) in [6.07, 6.45) is 2.80. The number of hydrogen-bond acceptors (Lipinski definition) is 3. The van der Waals surface area contributed by atoms with E-state index in [1.807, 2.05) is 42.5 Å². The van der Waals surface area contributed by atoms with Crippen molar-refractivity contribution in [1.29, 1.82) is 0 Å². The third-order valence-electron chi connectivity index (χ3n) is 4.35. The summed E-state index contributed by atoms with van der Waals surface area (Å²) in [7, 11) is 3.30. The molecule has 3 nitrogen and oxygen atoms in total.